The molecule has 8 heteroatoms. The van der Waals surface area contributed by atoms with Crippen molar-refractivity contribution in [2.45, 2.75) is 111 Å². The molecule has 1 aromatic heterocycles. The predicted molar refractivity (Wildman–Crippen MR) is 159 cm³/mol. The van der Waals surface area contributed by atoms with E-state index in [1.165, 1.54) is 50.3 Å². The van der Waals surface area contributed by atoms with E-state index in [4.69, 9.17) is 14.2 Å². The quantitative estimate of drug-likeness (QED) is 0.113. The smallest absolute Gasteiger partial charge is 0.267 e. The third kappa shape index (κ3) is 14.4. The van der Waals surface area contributed by atoms with E-state index in [0.717, 1.165) is 44.3 Å². The third-order valence-electron chi connectivity index (χ3n) is 6.79. The summed E-state index contributed by atoms with van der Waals surface area (Å²) in [5, 5.41) is 0. The molecule has 7 nitrogen and oxygen atoms in total. The molecule has 0 saturated carbocycles. The molecule has 1 heterocycles. The first-order valence-electron chi connectivity index (χ1n) is 15.3. The summed E-state index contributed by atoms with van der Waals surface area (Å²) in [5.74, 6) is 1.13. The molecule has 0 bridgehead atoms. The minimum atomic E-state index is -0.384. The highest BCUT2D eigenvalue weighted by Crippen LogP contribution is 2.32. The number of pyridine rings is 1. The van der Waals surface area contributed by atoms with E-state index in [9.17, 15) is 9.59 Å². The number of halogens is 1. The Morgan fingerprint density at radius 2 is 1.39 bits per heavy atom. The fraction of sp³-hybridized carbons (Fsp3) is 0.606. The van der Waals surface area contributed by atoms with E-state index in [0.29, 0.717) is 30.5 Å². The van der Waals surface area contributed by atoms with Crippen molar-refractivity contribution in [3.63, 3.8) is 0 Å². The number of rotatable bonds is 21. The molecule has 2 rings (SSSR count). The van der Waals surface area contributed by atoms with Crippen LogP contribution in [0.15, 0.2) is 42.6 Å². The molecule has 0 N–H and O–H groups in total. The van der Waals surface area contributed by atoms with E-state index in [1.807, 2.05) is 30.5 Å². The average molecular weight is 683 g/mol. The molecular formula is C33H51IN2O5. The lowest BCUT2D eigenvalue weighted by molar-refractivity contribution is -0.704. The van der Waals surface area contributed by atoms with Gasteiger partial charge in [-0.3, -0.25) is 14.5 Å². The Bertz CT molecular complexity index is 1020. The van der Waals surface area contributed by atoms with E-state index in [-0.39, 0.29) is 48.9 Å². The van der Waals surface area contributed by atoms with Gasteiger partial charge in [-0.1, -0.05) is 78.2 Å². The van der Waals surface area contributed by atoms with Gasteiger partial charge in [-0.25, -0.2) is 4.57 Å². The van der Waals surface area contributed by atoms with E-state index in [2.05, 4.69) is 25.3 Å². The van der Waals surface area contributed by atoms with Crippen LogP contribution < -0.4 is 42.8 Å². The number of benzene rings is 1. The second-order valence-electron chi connectivity index (χ2n) is 10.3. The zero-order valence-electron chi connectivity index (χ0n) is 25.7. The third-order valence-corrected chi connectivity index (χ3v) is 6.79. The van der Waals surface area contributed by atoms with Crippen LogP contribution in [-0.4, -0.2) is 36.5 Å². The van der Waals surface area contributed by atoms with Crippen LogP contribution in [0.3, 0.4) is 0 Å². The molecule has 0 atom stereocenters. The molecule has 230 valence electrons. The van der Waals surface area contributed by atoms with Crippen LogP contribution in [0.25, 0.3) is 0 Å². The molecule has 0 fully saturated rings. The van der Waals surface area contributed by atoms with Gasteiger partial charge in [-0.05, 0) is 25.0 Å². The number of unbranched alkanes of at least 4 members (excludes halogenated alkanes) is 8. The highest BCUT2D eigenvalue weighted by molar-refractivity contribution is 5.94. The Morgan fingerprint density at radius 3 is 2.00 bits per heavy atom. The lowest BCUT2D eigenvalue weighted by Crippen LogP contribution is -3.00. The minimum absolute atomic E-state index is 0. The Morgan fingerprint density at radius 1 is 0.756 bits per heavy atom. The maximum Gasteiger partial charge on any atom is 0.267 e. The van der Waals surface area contributed by atoms with Crippen molar-refractivity contribution in [3.05, 3.63) is 48.3 Å². The minimum Gasteiger partial charge on any atom is -1.00 e. The first-order chi connectivity index (χ1) is 19.5. The molecule has 41 heavy (non-hydrogen) atoms. The van der Waals surface area contributed by atoms with E-state index < -0.39 is 0 Å². The van der Waals surface area contributed by atoms with Crippen molar-refractivity contribution in [2.75, 3.05) is 19.8 Å². The van der Waals surface area contributed by atoms with Gasteiger partial charge in [0.15, 0.2) is 24.3 Å². The molecule has 0 aliphatic heterocycles. The SMILES string of the molecule is CCCCCCCOc1ccc(OCC(=O)N(Cc2cccc[n+]2CCC)C(C)=O)cc1OCCCCCCC.[I-]. The normalized spacial score (nSPS) is 10.5. The molecule has 2 amide bonds. The van der Waals surface area contributed by atoms with Crippen molar-refractivity contribution in [1.82, 2.24) is 4.90 Å². The van der Waals surface area contributed by atoms with Crippen LogP contribution in [0.2, 0.25) is 0 Å². The standard InChI is InChI=1S/C33H51N2O5.HI/c1-5-8-10-12-16-23-38-31-20-19-30(25-32(31)39-24-17-13-11-9-6-2)40-27-33(37)35(28(4)36)26-29-18-14-15-22-34(29)21-7-3;/h14-15,18-20,22,25H,5-13,16-17,21,23-24,26-27H2,1-4H3;1H/q+1;/p-1. The summed E-state index contributed by atoms with van der Waals surface area (Å²) >= 11 is 0. The Labute approximate surface area is 265 Å². The van der Waals surface area contributed by atoms with Crippen molar-refractivity contribution in [3.8, 4) is 17.2 Å². The summed E-state index contributed by atoms with van der Waals surface area (Å²) in [6, 6.07) is 11.2. The highest BCUT2D eigenvalue weighted by Gasteiger charge is 2.23. The first-order valence-corrected chi connectivity index (χ1v) is 15.3. The number of carbonyl (C=O) groups is 2. The van der Waals surface area contributed by atoms with Gasteiger partial charge in [-0.2, -0.15) is 0 Å². The Balaban J connectivity index is 0.00000840. The van der Waals surface area contributed by atoms with Gasteiger partial charge in [-0.15, -0.1) is 0 Å². The van der Waals surface area contributed by atoms with Crippen LogP contribution in [0.5, 0.6) is 17.2 Å². The predicted octanol–water partition coefficient (Wildman–Crippen LogP) is 4.04. The molecule has 0 radical (unpaired) electrons. The Hall–Kier alpha value is -2.36. The van der Waals surface area contributed by atoms with Crippen molar-refractivity contribution in [1.29, 1.82) is 0 Å². The fourth-order valence-electron chi connectivity index (χ4n) is 4.46. The topological polar surface area (TPSA) is 69.0 Å². The number of aryl methyl sites for hydroxylation is 1. The van der Waals surface area contributed by atoms with Gasteiger partial charge in [0.1, 0.15) is 18.8 Å². The lowest BCUT2D eigenvalue weighted by Gasteiger charge is -2.19. The summed E-state index contributed by atoms with van der Waals surface area (Å²) in [6.45, 7) is 9.95. The largest absolute Gasteiger partial charge is 1.00 e. The zero-order valence-corrected chi connectivity index (χ0v) is 27.8. The van der Waals surface area contributed by atoms with E-state index >= 15 is 0 Å². The van der Waals surface area contributed by atoms with Crippen LogP contribution in [0.4, 0.5) is 0 Å². The van der Waals surface area contributed by atoms with Gasteiger partial charge in [0.25, 0.3) is 5.91 Å². The number of imide groups is 1. The van der Waals surface area contributed by atoms with Gasteiger partial charge < -0.3 is 38.2 Å². The number of carbonyl (C=O) groups excluding carboxylic acids is 2. The van der Waals surface area contributed by atoms with Crippen molar-refractivity contribution >= 4 is 11.8 Å². The molecule has 0 spiro atoms. The molecular weight excluding hydrogens is 631 g/mol. The number of ether oxygens (including phenoxy) is 3. The van der Waals surface area contributed by atoms with Gasteiger partial charge >= 0.3 is 0 Å². The number of nitrogens with zero attached hydrogens (tertiary/aromatic N) is 2. The number of hydrogen-bond acceptors (Lipinski definition) is 5. The summed E-state index contributed by atoms with van der Waals surface area (Å²) in [5.41, 5.74) is 0.902. The summed E-state index contributed by atoms with van der Waals surface area (Å²) in [7, 11) is 0. The molecule has 2 aromatic rings. The maximum atomic E-state index is 13.0. The molecule has 1 aromatic carbocycles. The second kappa shape index (κ2) is 22.3. The first kappa shape index (κ1) is 36.7. The van der Waals surface area contributed by atoms with Gasteiger partial charge in [0.05, 0.1) is 13.2 Å². The average Bonchev–Trinajstić information content (AvgIpc) is 2.95. The van der Waals surface area contributed by atoms with Gasteiger partial charge in [0, 0.05) is 31.5 Å². The zero-order chi connectivity index (χ0) is 29.0. The molecule has 0 aliphatic carbocycles. The lowest BCUT2D eigenvalue weighted by atomic mass is 10.2. The molecule has 0 aliphatic rings. The van der Waals surface area contributed by atoms with Crippen molar-refractivity contribution < 1.29 is 52.3 Å². The summed E-state index contributed by atoms with van der Waals surface area (Å²) in [6.07, 6.45) is 14.5. The summed E-state index contributed by atoms with van der Waals surface area (Å²) < 4.78 is 20.1. The van der Waals surface area contributed by atoms with Crippen LogP contribution in [0.1, 0.15) is 104 Å². The monoisotopic (exact) mass is 682 g/mol. The fourth-order valence-corrected chi connectivity index (χ4v) is 4.46. The molecule has 0 unspecified atom stereocenters. The van der Waals surface area contributed by atoms with Crippen molar-refractivity contribution in [2.24, 2.45) is 0 Å². The maximum absolute atomic E-state index is 13.0. The number of aromatic nitrogens is 1. The van der Waals surface area contributed by atoms with Crippen LogP contribution >= 0.6 is 0 Å². The summed E-state index contributed by atoms with van der Waals surface area (Å²) in [4.78, 5) is 26.7. The highest BCUT2D eigenvalue weighted by atomic mass is 127. The van der Waals surface area contributed by atoms with Gasteiger partial charge in [0.2, 0.25) is 11.6 Å². The van der Waals surface area contributed by atoms with E-state index in [1.54, 1.807) is 12.1 Å². The Kier molecular flexibility index (Phi) is 19.9. The number of hydrogen-bond donors (Lipinski definition) is 0. The number of amides is 2. The molecule has 0 saturated heterocycles. The second-order valence-corrected chi connectivity index (χ2v) is 10.3. The van der Waals surface area contributed by atoms with Crippen LogP contribution in [-0.2, 0) is 22.7 Å². The van der Waals surface area contributed by atoms with Crippen LogP contribution in [0, 0.1) is 0 Å².